The van der Waals surface area contributed by atoms with Crippen molar-refractivity contribution in [2.75, 3.05) is 0 Å². The lowest BCUT2D eigenvalue weighted by Gasteiger charge is -2.05. The quantitative estimate of drug-likeness (QED) is 0.838. The first-order valence-electron chi connectivity index (χ1n) is 4.64. The van der Waals surface area contributed by atoms with E-state index in [2.05, 4.69) is 4.98 Å². The summed E-state index contributed by atoms with van der Waals surface area (Å²) in [6, 6.07) is 9.28. The zero-order valence-electron chi connectivity index (χ0n) is 8.34. The van der Waals surface area contributed by atoms with E-state index in [-0.39, 0.29) is 0 Å². The van der Waals surface area contributed by atoms with Gasteiger partial charge in [0.25, 0.3) is 0 Å². The number of pyridine rings is 1. The van der Waals surface area contributed by atoms with Crippen molar-refractivity contribution in [2.45, 2.75) is 16.7 Å². The molecular weight excluding hydrogens is 206 g/mol. The zero-order chi connectivity index (χ0) is 10.7. The van der Waals surface area contributed by atoms with Gasteiger partial charge in [-0.05, 0) is 30.7 Å². The largest absolute Gasteiger partial charge is 0.507 e. The lowest BCUT2D eigenvalue weighted by molar-refractivity contribution is 0.462. The van der Waals surface area contributed by atoms with Gasteiger partial charge in [-0.25, -0.2) is 0 Å². The average molecular weight is 217 g/mol. The van der Waals surface area contributed by atoms with Crippen LogP contribution in [0, 0.1) is 6.92 Å². The van der Waals surface area contributed by atoms with Crippen molar-refractivity contribution in [3.63, 3.8) is 0 Å². The van der Waals surface area contributed by atoms with Crippen molar-refractivity contribution in [1.29, 1.82) is 0 Å². The molecule has 0 aliphatic carbocycles. The van der Waals surface area contributed by atoms with Gasteiger partial charge in [0, 0.05) is 17.3 Å². The van der Waals surface area contributed by atoms with Crippen LogP contribution in [0.4, 0.5) is 0 Å². The third-order valence-corrected chi connectivity index (χ3v) is 3.30. The van der Waals surface area contributed by atoms with E-state index in [1.807, 2.05) is 37.4 Å². The molecule has 1 heterocycles. The molecular formula is C12H11NOS. The molecule has 0 saturated heterocycles. The SMILES string of the molecule is Cc1cnccc1Sc1ccccc1O. The number of rotatable bonds is 2. The summed E-state index contributed by atoms with van der Waals surface area (Å²) < 4.78 is 0. The summed E-state index contributed by atoms with van der Waals surface area (Å²) in [6.45, 7) is 2.01. The van der Waals surface area contributed by atoms with Crippen LogP contribution in [-0.4, -0.2) is 10.1 Å². The standard InChI is InChI=1S/C12H11NOS/c1-9-8-13-7-6-11(9)15-12-5-3-2-4-10(12)14/h2-8,14H,1H3. The second-order valence-corrected chi connectivity index (χ2v) is 4.29. The number of phenols is 1. The van der Waals surface area contributed by atoms with Gasteiger partial charge >= 0.3 is 0 Å². The highest BCUT2D eigenvalue weighted by Crippen LogP contribution is 2.34. The Bertz CT molecular complexity index is 427. The Morgan fingerprint density at radius 1 is 1.13 bits per heavy atom. The first-order valence-corrected chi connectivity index (χ1v) is 5.45. The minimum atomic E-state index is 0.318. The van der Waals surface area contributed by atoms with Gasteiger partial charge in [-0.15, -0.1) is 0 Å². The molecule has 0 amide bonds. The van der Waals surface area contributed by atoms with Gasteiger partial charge in [0.15, 0.2) is 0 Å². The van der Waals surface area contributed by atoms with Gasteiger partial charge in [-0.1, -0.05) is 23.9 Å². The highest BCUT2D eigenvalue weighted by molar-refractivity contribution is 7.99. The molecule has 0 fully saturated rings. The molecule has 0 atom stereocenters. The Labute approximate surface area is 93.0 Å². The Balaban J connectivity index is 2.30. The van der Waals surface area contributed by atoms with Crippen LogP contribution in [0.5, 0.6) is 5.75 Å². The molecule has 2 rings (SSSR count). The van der Waals surface area contributed by atoms with Crippen LogP contribution >= 0.6 is 11.8 Å². The van der Waals surface area contributed by atoms with Gasteiger partial charge < -0.3 is 5.11 Å². The van der Waals surface area contributed by atoms with Gasteiger partial charge in [-0.2, -0.15) is 0 Å². The second-order valence-electron chi connectivity index (χ2n) is 3.21. The Morgan fingerprint density at radius 2 is 1.93 bits per heavy atom. The predicted octanol–water partition coefficient (Wildman–Crippen LogP) is 3.25. The third kappa shape index (κ3) is 2.30. The molecule has 0 saturated carbocycles. The van der Waals surface area contributed by atoms with Gasteiger partial charge in [-0.3, -0.25) is 4.98 Å². The fraction of sp³-hybridized carbons (Fsp3) is 0.0833. The Kier molecular flexibility index (Phi) is 2.92. The summed E-state index contributed by atoms with van der Waals surface area (Å²) in [5.74, 6) is 0.318. The second kappa shape index (κ2) is 4.36. The van der Waals surface area contributed by atoms with E-state index in [1.54, 1.807) is 24.0 Å². The molecule has 1 N–H and O–H groups in total. The van der Waals surface area contributed by atoms with Crippen LogP contribution in [0.25, 0.3) is 0 Å². The molecule has 0 radical (unpaired) electrons. The van der Waals surface area contributed by atoms with Crippen molar-refractivity contribution < 1.29 is 5.11 Å². The maximum absolute atomic E-state index is 9.63. The molecule has 0 spiro atoms. The normalized spacial score (nSPS) is 10.2. The molecule has 1 aromatic carbocycles. The number of aromatic hydroxyl groups is 1. The van der Waals surface area contributed by atoms with Gasteiger partial charge in [0.2, 0.25) is 0 Å². The average Bonchev–Trinajstić information content (AvgIpc) is 2.24. The number of para-hydroxylation sites is 1. The molecule has 2 nitrogen and oxygen atoms in total. The fourth-order valence-corrected chi connectivity index (χ4v) is 2.14. The number of hydrogen-bond acceptors (Lipinski definition) is 3. The van der Waals surface area contributed by atoms with E-state index in [0.29, 0.717) is 5.75 Å². The molecule has 0 unspecified atom stereocenters. The molecule has 0 bridgehead atoms. The molecule has 2 aromatic rings. The lowest BCUT2D eigenvalue weighted by atomic mass is 10.3. The summed E-state index contributed by atoms with van der Waals surface area (Å²) in [5.41, 5.74) is 1.12. The number of aryl methyl sites for hydroxylation is 1. The summed E-state index contributed by atoms with van der Waals surface area (Å²) in [4.78, 5) is 6.02. The molecule has 76 valence electrons. The van der Waals surface area contributed by atoms with Crippen LogP contribution in [0.3, 0.4) is 0 Å². The Hall–Kier alpha value is -1.48. The molecule has 0 aliphatic heterocycles. The third-order valence-electron chi connectivity index (χ3n) is 2.05. The maximum Gasteiger partial charge on any atom is 0.129 e. The zero-order valence-corrected chi connectivity index (χ0v) is 9.16. The van der Waals surface area contributed by atoms with E-state index >= 15 is 0 Å². The molecule has 3 heteroatoms. The Morgan fingerprint density at radius 3 is 2.67 bits per heavy atom. The van der Waals surface area contributed by atoms with Crippen LogP contribution in [-0.2, 0) is 0 Å². The molecule has 1 aromatic heterocycles. The van der Waals surface area contributed by atoms with Crippen molar-refractivity contribution in [3.8, 4) is 5.75 Å². The molecule has 15 heavy (non-hydrogen) atoms. The van der Waals surface area contributed by atoms with E-state index in [0.717, 1.165) is 15.4 Å². The van der Waals surface area contributed by atoms with Crippen molar-refractivity contribution in [1.82, 2.24) is 4.98 Å². The monoisotopic (exact) mass is 217 g/mol. The van der Waals surface area contributed by atoms with Crippen molar-refractivity contribution >= 4 is 11.8 Å². The summed E-state index contributed by atoms with van der Waals surface area (Å²) in [5, 5.41) is 9.63. The van der Waals surface area contributed by atoms with Crippen LogP contribution in [0.2, 0.25) is 0 Å². The summed E-state index contributed by atoms with van der Waals surface area (Å²) in [7, 11) is 0. The number of nitrogens with zero attached hydrogens (tertiary/aromatic N) is 1. The smallest absolute Gasteiger partial charge is 0.129 e. The van der Waals surface area contributed by atoms with Crippen LogP contribution in [0.1, 0.15) is 5.56 Å². The number of hydrogen-bond donors (Lipinski definition) is 1. The fourth-order valence-electron chi connectivity index (χ4n) is 1.24. The summed E-state index contributed by atoms with van der Waals surface area (Å²) in [6.07, 6.45) is 3.58. The van der Waals surface area contributed by atoms with Gasteiger partial charge in [0.1, 0.15) is 5.75 Å². The van der Waals surface area contributed by atoms with Crippen LogP contribution < -0.4 is 0 Å². The van der Waals surface area contributed by atoms with Crippen molar-refractivity contribution in [3.05, 3.63) is 48.3 Å². The lowest BCUT2D eigenvalue weighted by Crippen LogP contribution is -1.81. The maximum atomic E-state index is 9.63. The topological polar surface area (TPSA) is 33.1 Å². The minimum absolute atomic E-state index is 0.318. The molecule has 0 aliphatic rings. The number of phenolic OH excluding ortho intramolecular Hbond substituents is 1. The highest BCUT2D eigenvalue weighted by Gasteiger charge is 2.04. The minimum Gasteiger partial charge on any atom is -0.507 e. The summed E-state index contributed by atoms with van der Waals surface area (Å²) >= 11 is 1.55. The van der Waals surface area contributed by atoms with Gasteiger partial charge in [0.05, 0.1) is 4.90 Å². The van der Waals surface area contributed by atoms with E-state index < -0.39 is 0 Å². The van der Waals surface area contributed by atoms with E-state index in [1.165, 1.54) is 0 Å². The van der Waals surface area contributed by atoms with Crippen LogP contribution in [0.15, 0.2) is 52.5 Å². The first-order chi connectivity index (χ1) is 7.27. The number of aromatic nitrogens is 1. The predicted molar refractivity (Wildman–Crippen MR) is 61.2 cm³/mol. The van der Waals surface area contributed by atoms with E-state index in [9.17, 15) is 5.11 Å². The van der Waals surface area contributed by atoms with Crippen molar-refractivity contribution in [2.24, 2.45) is 0 Å². The first kappa shape index (κ1) is 10.1. The highest BCUT2D eigenvalue weighted by atomic mass is 32.2. The van der Waals surface area contributed by atoms with E-state index in [4.69, 9.17) is 0 Å². The number of benzene rings is 1.